The second-order valence-corrected chi connectivity index (χ2v) is 10.7. The van der Waals surface area contributed by atoms with Gasteiger partial charge >= 0.3 is 0 Å². The molecule has 7 nitrogen and oxygen atoms in total. The van der Waals surface area contributed by atoms with E-state index in [0.717, 1.165) is 23.8 Å². The van der Waals surface area contributed by atoms with Crippen molar-refractivity contribution in [1.82, 2.24) is 10.2 Å². The van der Waals surface area contributed by atoms with Gasteiger partial charge in [-0.25, -0.2) is 8.42 Å². The molecule has 0 saturated carbocycles. The lowest BCUT2D eigenvalue weighted by Crippen LogP contribution is -2.49. The fourth-order valence-electron chi connectivity index (χ4n) is 3.54. The van der Waals surface area contributed by atoms with Gasteiger partial charge in [0.15, 0.2) is 0 Å². The largest absolute Gasteiger partial charge is 0.352 e. The van der Waals surface area contributed by atoms with Gasteiger partial charge in [-0.1, -0.05) is 55.0 Å². The highest BCUT2D eigenvalue weighted by Crippen LogP contribution is 2.20. The first-order valence-electron chi connectivity index (χ1n) is 11.7. The number of amides is 2. The lowest BCUT2D eigenvalue weighted by molar-refractivity contribution is -0.140. The van der Waals surface area contributed by atoms with E-state index >= 15 is 0 Å². The maximum Gasteiger partial charge on any atom is 0.242 e. The predicted octanol–water partition coefficient (Wildman–Crippen LogP) is 3.87. The average Bonchev–Trinajstić information content (AvgIpc) is 2.80. The van der Waals surface area contributed by atoms with E-state index in [2.05, 4.69) is 5.32 Å². The minimum Gasteiger partial charge on any atom is -0.352 e. The van der Waals surface area contributed by atoms with Crippen LogP contribution in [0.5, 0.6) is 0 Å². The van der Waals surface area contributed by atoms with E-state index in [9.17, 15) is 18.0 Å². The molecule has 2 amide bonds. The van der Waals surface area contributed by atoms with E-state index < -0.39 is 16.1 Å². The molecule has 0 aliphatic heterocycles. The lowest BCUT2D eigenvalue weighted by atomic mass is 10.1. The zero-order valence-corrected chi connectivity index (χ0v) is 21.6. The van der Waals surface area contributed by atoms with Crippen LogP contribution < -0.4 is 9.62 Å². The van der Waals surface area contributed by atoms with Crippen molar-refractivity contribution in [2.45, 2.75) is 65.6 Å². The molecule has 0 saturated heterocycles. The Morgan fingerprint density at radius 2 is 1.62 bits per heavy atom. The van der Waals surface area contributed by atoms with Gasteiger partial charge in [-0.15, -0.1) is 0 Å². The van der Waals surface area contributed by atoms with E-state index in [1.54, 1.807) is 24.0 Å². The topological polar surface area (TPSA) is 86.8 Å². The maximum atomic E-state index is 13.2. The van der Waals surface area contributed by atoms with Crippen LogP contribution in [0.2, 0.25) is 0 Å². The lowest BCUT2D eigenvalue weighted by Gasteiger charge is -2.30. The molecule has 186 valence electrons. The van der Waals surface area contributed by atoms with Crippen molar-refractivity contribution in [2.24, 2.45) is 0 Å². The molecule has 0 fully saturated rings. The highest BCUT2D eigenvalue weighted by atomic mass is 32.2. The summed E-state index contributed by atoms with van der Waals surface area (Å²) in [4.78, 5) is 27.6. The zero-order chi connectivity index (χ0) is 25.3. The van der Waals surface area contributed by atoms with Crippen LogP contribution in [0.3, 0.4) is 0 Å². The van der Waals surface area contributed by atoms with Gasteiger partial charge in [0.1, 0.15) is 6.04 Å². The standard InChI is InChI=1S/C26H37N3O4S/c1-6-21(3)27-26(31)22(4)28(19-23-11-8-7-9-12-23)25(30)13-10-18-29(34(5,32)33)24-16-14-20(2)15-17-24/h7-9,11-12,14-17,21-22H,6,10,13,18-19H2,1-5H3,(H,27,31)/t21-,22-/m1/s1. The summed E-state index contributed by atoms with van der Waals surface area (Å²) in [6.45, 7) is 8.08. The van der Waals surface area contributed by atoms with Crippen LogP contribution in [0.15, 0.2) is 54.6 Å². The number of benzene rings is 2. The molecule has 0 aromatic heterocycles. The molecule has 8 heteroatoms. The molecule has 2 atom stereocenters. The van der Waals surface area contributed by atoms with Crippen LogP contribution in [0.1, 0.15) is 51.2 Å². The summed E-state index contributed by atoms with van der Waals surface area (Å²) in [6.07, 6.45) is 2.43. The van der Waals surface area contributed by atoms with Gasteiger partial charge in [0.05, 0.1) is 11.9 Å². The third-order valence-electron chi connectivity index (χ3n) is 5.84. The summed E-state index contributed by atoms with van der Waals surface area (Å²) in [5.74, 6) is -0.385. The molecule has 2 aromatic rings. The van der Waals surface area contributed by atoms with Gasteiger partial charge in [0.2, 0.25) is 21.8 Å². The molecule has 2 aromatic carbocycles. The summed E-state index contributed by atoms with van der Waals surface area (Å²) < 4.78 is 26.1. The molecule has 34 heavy (non-hydrogen) atoms. The van der Waals surface area contributed by atoms with Crippen molar-refractivity contribution in [1.29, 1.82) is 0 Å². The first-order valence-corrected chi connectivity index (χ1v) is 13.6. The molecule has 0 aliphatic rings. The quantitative estimate of drug-likeness (QED) is 0.492. The molecule has 0 spiro atoms. The molecular formula is C26H37N3O4S. The van der Waals surface area contributed by atoms with E-state index in [-0.39, 0.29) is 30.8 Å². The predicted molar refractivity (Wildman–Crippen MR) is 137 cm³/mol. The minimum absolute atomic E-state index is 0.0152. The summed E-state index contributed by atoms with van der Waals surface area (Å²) in [6, 6.07) is 16.1. The van der Waals surface area contributed by atoms with Crippen molar-refractivity contribution < 1.29 is 18.0 Å². The Balaban J connectivity index is 2.13. The van der Waals surface area contributed by atoms with Gasteiger partial charge in [0.25, 0.3) is 0 Å². The van der Waals surface area contributed by atoms with E-state index in [1.807, 2.05) is 63.2 Å². The van der Waals surface area contributed by atoms with Crippen molar-refractivity contribution in [3.8, 4) is 0 Å². The summed E-state index contributed by atoms with van der Waals surface area (Å²) >= 11 is 0. The molecule has 1 N–H and O–H groups in total. The fraction of sp³-hybridized carbons (Fsp3) is 0.462. The number of sulfonamides is 1. The van der Waals surface area contributed by atoms with Crippen molar-refractivity contribution >= 4 is 27.5 Å². The second kappa shape index (κ2) is 12.6. The highest BCUT2D eigenvalue weighted by Gasteiger charge is 2.27. The summed E-state index contributed by atoms with van der Waals surface area (Å²) in [7, 11) is -3.50. The number of nitrogens with one attached hydrogen (secondary N) is 1. The fourth-order valence-corrected chi connectivity index (χ4v) is 4.51. The van der Waals surface area contributed by atoms with Crippen molar-refractivity contribution in [3.05, 3.63) is 65.7 Å². The van der Waals surface area contributed by atoms with Gasteiger partial charge in [-0.3, -0.25) is 13.9 Å². The molecular weight excluding hydrogens is 450 g/mol. The van der Waals surface area contributed by atoms with E-state index in [4.69, 9.17) is 0 Å². The number of hydrogen-bond donors (Lipinski definition) is 1. The van der Waals surface area contributed by atoms with Crippen LogP contribution in [-0.4, -0.2) is 50.0 Å². The number of carbonyl (C=O) groups excluding carboxylic acids is 2. The van der Waals surface area contributed by atoms with Gasteiger partial charge in [-0.05, 0) is 51.3 Å². The number of aryl methyl sites for hydroxylation is 1. The number of carbonyl (C=O) groups is 2. The molecule has 2 rings (SSSR count). The van der Waals surface area contributed by atoms with Crippen LogP contribution in [0, 0.1) is 6.92 Å². The summed E-state index contributed by atoms with van der Waals surface area (Å²) in [5.41, 5.74) is 2.54. The number of nitrogens with zero attached hydrogens (tertiary/aromatic N) is 2. The number of hydrogen-bond acceptors (Lipinski definition) is 4. The molecule has 0 unspecified atom stereocenters. The smallest absolute Gasteiger partial charge is 0.242 e. The van der Waals surface area contributed by atoms with Crippen LogP contribution in [-0.2, 0) is 26.2 Å². The van der Waals surface area contributed by atoms with Crippen molar-refractivity contribution in [2.75, 3.05) is 17.1 Å². The first kappa shape index (κ1) is 27.4. The van der Waals surface area contributed by atoms with E-state index in [0.29, 0.717) is 18.7 Å². The molecule has 0 aliphatic carbocycles. The Kier molecular flexibility index (Phi) is 10.1. The summed E-state index contributed by atoms with van der Waals surface area (Å²) in [5, 5.41) is 2.95. The molecule has 0 radical (unpaired) electrons. The van der Waals surface area contributed by atoms with Crippen LogP contribution in [0.25, 0.3) is 0 Å². The Morgan fingerprint density at radius 1 is 1.00 bits per heavy atom. The van der Waals surface area contributed by atoms with E-state index in [1.165, 1.54) is 4.31 Å². The number of anilines is 1. The maximum absolute atomic E-state index is 13.2. The molecule has 0 heterocycles. The zero-order valence-electron chi connectivity index (χ0n) is 20.8. The van der Waals surface area contributed by atoms with Crippen LogP contribution >= 0.6 is 0 Å². The second-order valence-electron chi connectivity index (χ2n) is 8.78. The highest BCUT2D eigenvalue weighted by molar-refractivity contribution is 7.92. The minimum atomic E-state index is -3.50. The van der Waals surface area contributed by atoms with Gasteiger partial charge in [0, 0.05) is 25.6 Å². The third kappa shape index (κ3) is 8.17. The van der Waals surface area contributed by atoms with Crippen LogP contribution in [0.4, 0.5) is 5.69 Å². The van der Waals surface area contributed by atoms with Gasteiger partial charge < -0.3 is 10.2 Å². The normalized spacial score (nSPS) is 13.1. The number of rotatable bonds is 12. The average molecular weight is 488 g/mol. The van der Waals surface area contributed by atoms with Gasteiger partial charge in [-0.2, -0.15) is 0 Å². The first-order chi connectivity index (χ1) is 16.0. The Bertz CT molecular complexity index is 1040. The Hall–Kier alpha value is -2.87. The Labute approximate surface area is 204 Å². The monoisotopic (exact) mass is 487 g/mol. The van der Waals surface area contributed by atoms with Crippen molar-refractivity contribution in [3.63, 3.8) is 0 Å². The Morgan fingerprint density at radius 3 is 2.18 bits per heavy atom. The SMILES string of the molecule is CC[C@@H](C)NC(=O)[C@@H](C)N(Cc1ccccc1)C(=O)CCCN(c1ccc(C)cc1)S(C)(=O)=O. The molecule has 0 bridgehead atoms. The third-order valence-corrected chi connectivity index (χ3v) is 7.03.